The number of rotatable bonds is 8. The molecule has 5 heteroatoms. The Kier molecular flexibility index (Phi) is 5.12. The topological polar surface area (TPSA) is 69.6 Å². The van der Waals surface area contributed by atoms with E-state index in [9.17, 15) is 0 Å². The Morgan fingerprint density at radius 1 is 1.00 bits per heavy atom. The number of nitrogens with zero attached hydrogens (tertiary/aromatic N) is 4. The molecule has 104 valence electrons. The van der Waals surface area contributed by atoms with Crippen LogP contribution >= 0.6 is 0 Å². The van der Waals surface area contributed by atoms with Gasteiger partial charge in [-0.2, -0.15) is 0 Å². The summed E-state index contributed by atoms with van der Waals surface area (Å²) >= 11 is 0. The van der Waals surface area contributed by atoms with E-state index in [-0.39, 0.29) is 0 Å². The molecule has 2 aromatic heterocycles. The minimum atomic E-state index is 0.519. The summed E-state index contributed by atoms with van der Waals surface area (Å²) in [6.07, 6.45) is 12.4. The van der Waals surface area contributed by atoms with Crippen LogP contribution in [-0.4, -0.2) is 19.5 Å². The summed E-state index contributed by atoms with van der Waals surface area (Å²) in [5.74, 6) is 0.519. The largest absolute Gasteiger partial charge is 0.382 e. The summed E-state index contributed by atoms with van der Waals surface area (Å²) < 4.78 is 2.07. The Morgan fingerprint density at radius 2 is 1.74 bits per heavy atom. The van der Waals surface area contributed by atoms with Crippen LogP contribution in [0.25, 0.3) is 11.2 Å². The van der Waals surface area contributed by atoms with Crippen LogP contribution in [0.2, 0.25) is 0 Å². The molecule has 0 aliphatic rings. The van der Waals surface area contributed by atoms with Gasteiger partial charge in [0.2, 0.25) is 0 Å². The van der Waals surface area contributed by atoms with Crippen molar-refractivity contribution in [1.82, 2.24) is 19.5 Å². The van der Waals surface area contributed by atoms with Crippen molar-refractivity contribution in [2.75, 3.05) is 5.73 Å². The second kappa shape index (κ2) is 7.07. The zero-order valence-electron chi connectivity index (χ0n) is 11.7. The van der Waals surface area contributed by atoms with Crippen molar-refractivity contribution < 1.29 is 0 Å². The van der Waals surface area contributed by atoms with E-state index in [0.717, 1.165) is 18.5 Å². The van der Waals surface area contributed by atoms with Crippen molar-refractivity contribution in [1.29, 1.82) is 0 Å². The van der Waals surface area contributed by atoms with E-state index < -0.39 is 0 Å². The quantitative estimate of drug-likeness (QED) is 0.741. The average Bonchev–Trinajstić information content (AvgIpc) is 2.82. The summed E-state index contributed by atoms with van der Waals surface area (Å²) in [5, 5.41) is 0. The fourth-order valence-electron chi connectivity index (χ4n) is 2.34. The van der Waals surface area contributed by atoms with Crippen molar-refractivity contribution >= 4 is 17.0 Å². The third-order valence-corrected chi connectivity index (χ3v) is 3.44. The van der Waals surface area contributed by atoms with E-state index in [4.69, 9.17) is 5.73 Å². The van der Waals surface area contributed by atoms with Crippen LogP contribution in [0.3, 0.4) is 0 Å². The number of unbranched alkanes of at least 4 members (excludes halogenated alkanes) is 6. The number of imidazole rings is 1. The van der Waals surface area contributed by atoms with Gasteiger partial charge in [-0.25, -0.2) is 15.0 Å². The van der Waals surface area contributed by atoms with Gasteiger partial charge in [0.15, 0.2) is 11.5 Å². The lowest BCUT2D eigenvalue weighted by atomic mass is 10.1. The molecule has 0 radical (unpaired) electrons. The molecule has 0 spiro atoms. The molecule has 2 rings (SSSR count). The molecule has 0 fully saturated rings. The lowest BCUT2D eigenvalue weighted by Crippen LogP contribution is -2.01. The van der Waals surface area contributed by atoms with Crippen LogP contribution in [0, 0.1) is 0 Å². The lowest BCUT2D eigenvalue weighted by Gasteiger charge is -2.05. The molecule has 0 unspecified atom stereocenters. The Labute approximate surface area is 114 Å². The third kappa shape index (κ3) is 3.66. The average molecular weight is 261 g/mol. The number of fused-ring (bicyclic) bond motifs is 1. The molecule has 0 aromatic carbocycles. The smallest absolute Gasteiger partial charge is 0.182 e. The molecule has 5 nitrogen and oxygen atoms in total. The van der Waals surface area contributed by atoms with Crippen molar-refractivity contribution in [2.24, 2.45) is 0 Å². The van der Waals surface area contributed by atoms with Gasteiger partial charge < -0.3 is 10.3 Å². The first-order valence-corrected chi connectivity index (χ1v) is 7.24. The van der Waals surface area contributed by atoms with E-state index in [1.165, 1.54) is 44.9 Å². The van der Waals surface area contributed by atoms with Crippen molar-refractivity contribution in [3.05, 3.63) is 12.7 Å². The monoisotopic (exact) mass is 261 g/mol. The third-order valence-electron chi connectivity index (χ3n) is 3.44. The maximum absolute atomic E-state index is 5.87. The molecule has 0 amide bonds. The van der Waals surface area contributed by atoms with E-state index in [1.807, 2.05) is 6.33 Å². The van der Waals surface area contributed by atoms with E-state index >= 15 is 0 Å². The molecule has 2 aromatic rings. The van der Waals surface area contributed by atoms with Crippen LogP contribution in [0.15, 0.2) is 12.7 Å². The molecular formula is C14H23N5. The highest BCUT2D eigenvalue weighted by molar-refractivity contribution is 5.81. The first-order chi connectivity index (χ1) is 9.33. The highest BCUT2D eigenvalue weighted by Gasteiger charge is 2.07. The number of hydrogen-bond acceptors (Lipinski definition) is 4. The number of nitrogen functional groups attached to an aromatic ring is 1. The molecule has 2 N–H and O–H groups in total. The maximum Gasteiger partial charge on any atom is 0.182 e. The molecule has 0 aliphatic carbocycles. The minimum Gasteiger partial charge on any atom is -0.382 e. The zero-order chi connectivity index (χ0) is 13.5. The zero-order valence-corrected chi connectivity index (χ0v) is 11.7. The highest BCUT2D eigenvalue weighted by atomic mass is 15.1. The van der Waals surface area contributed by atoms with Crippen LogP contribution in [-0.2, 0) is 6.54 Å². The van der Waals surface area contributed by atoms with E-state index in [2.05, 4.69) is 26.4 Å². The molecule has 19 heavy (non-hydrogen) atoms. The summed E-state index contributed by atoms with van der Waals surface area (Å²) in [6, 6.07) is 0. The summed E-state index contributed by atoms with van der Waals surface area (Å²) in [6.45, 7) is 3.19. The normalized spacial score (nSPS) is 11.2. The molecule has 0 saturated carbocycles. The van der Waals surface area contributed by atoms with Crippen molar-refractivity contribution in [3.8, 4) is 0 Å². The molecule has 2 heterocycles. The maximum atomic E-state index is 5.87. The number of aryl methyl sites for hydroxylation is 1. The highest BCUT2D eigenvalue weighted by Crippen LogP contribution is 2.16. The second-order valence-electron chi connectivity index (χ2n) is 4.99. The summed E-state index contributed by atoms with van der Waals surface area (Å²) in [7, 11) is 0. The predicted octanol–water partition coefficient (Wildman–Crippen LogP) is 3.16. The molecular weight excluding hydrogens is 238 g/mol. The Balaban J connectivity index is 1.79. The molecule has 0 aliphatic heterocycles. The standard InChI is InChI=1S/C14H23N5/c1-2-3-4-5-6-7-8-9-19-11-18-14-12(19)13(15)16-10-17-14/h10-11H,2-9H2,1H3,(H2,15,16,17). The van der Waals surface area contributed by atoms with Crippen LogP contribution in [0.5, 0.6) is 0 Å². The van der Waals surface area contributed by atoms with Gasteiger partial charge in [0, 0.05) is 6.54 Å². The summed E-state index contributed by atoms with van der Waals surface area (Å²) in [4.78, 5) is 12.4. The number of anilines is 1. The van der Waals surface area contributed by atoms with Gasteiger partial charge in [-0.1, -0.05) is 45.4 Å². The van der Waals surface area contributed by atoms with Gasteiger partial charge in [0.1, 0.15) is 11.8 Å². The van der Waals surface area contributed by atoms with Gasteiger partial charge in [-0.3, -0.25) is 0 Å². The Bertz CT molecular complexity index is 506. The van der Waals surface area contributed by atoms with E-state index in [1.54, 1.807) is 0 Å². The van der Waals surface area contributed by atoms with Gasteiger partial charge in [0.25, 0.3) is 0 Å². The van der Waals surface area contributed by atoms with Crippen LogP contribution < -0.4 is 5.73 Å². The van der Waals surface area contributed by atoms with Gasteiger partial charge in [-0.05, 0) is 6.42 Å². The van der Waals surface area contributed by atoms with Gasteiger partial charge in [-0.15, -0.1) is 0 Å². The fraction of sp³-hybridized carbons (Fsp3) is 0.643. The number of nitrogens with two attached hydrogens (primary N) is 1. The molecule has 0 bridgehead atoms. The predicted molar refractivity (Wildman–Crippen MR) is 77.7 cm³/mol. The van der Waals surface area contributed by atoms with Crippen LogP contribution in [0.4, 0.5) is 5.82 Å². The van der Waals surface area contributed by atoms with Crippen molar-refractivity contribution in [2.45, 2.75) is 58.4 Å². The van der Waals surface area contributed by atoms with Crippen LogP contribution in [0.1, 0.15) is 51.9 Å². The first-order valence-electron chi connectivity index (χ1n) is 7.24. The minimum absolute atomic E-state index is 0.519. The van der Waals surface area contributed by atoms with Gasteiger partial charge in [0.05, 0.1) is 6.33 Å². The first kappa shape index (κ1) is 13.8. The number of hydrogen-bond donors (Lipinski definition) is 1. The lowest BCUT2D eigenvalue weighted by molar-refractivity contribution is 0.555. The SMILES string of the molecule is CCCCCCCCCn1cnc2ncnc(N)c21. The fourth-order valence-corrected chi connectivity index (χ4v) is 2.34. The molecule has 0 saturated heterocycles. The second-order valence-corrected chi connectivity index (χ2v) is 4.99. The van der Waals surface area contributed by atoms with E-state index in [0.29, 0.717) is 11.5 Å². The Hall–Kier alpha value is -1.65. The van der Waals surface area contributed by atoms with Gasteiger partial charge >= 0.3 is 0 Å². The van der Waals surface area contributed by atoms with Crippen molar-refractivity contribution in [3.63, 3.8) is 0 Å². The molecule has 0 atom stereocenters. The summed E-state index contributed by atoms with van der Waals surface area (Å²) in [5.41, 5.74) is 7.43. The Morgan fingerprint density at radius 3 is 2.53 bits per heavy atom. The number of aromatic nitrogens is 4.